The van der Waals surface area contributed by atoms with Crippen molar-refractivity contribution in [2.75, 3.05) is 12.8 Å². The fourth-order valence-electron chi connectivity index (χ4n) is 2.25. The van der Waals surface area contributed by atoms with Crippen LogP contribution in [-0.2, 0) is 16.3 Å². The smallest absolute Gasteiger partial charge is 0.361 e. The molecule has 4 nitrogen and oxygen atoms in total. The molecule has 2 aromatic rings. The van der Waals surface area contributed by atoms with E-state index in [0.717, 1.165) is 17.3 Å². The molecule has 0 saturated carbocycles. The van der Waals surface area contributed by atoms with E-state index in [0.29, 0.717) is 11.8 Å². The third-order valence-corrected chi connectivity index (χ3v) is 4.45. The Morgan fingerprint density at radius 2 is 2.00 bits per heavy atom. The number of fused-ring (bicyclic) bond motifs is 1. The third-order valence-electron chi connectivity index (χ3n) is 3.34. The van der Waals surface area contributed by atoms with Gasteiger partial charge in [0.15, 0.2) is 9.84 Å². The normalized spacial score (nSPS) is 14.4. The quantitative estimate of drug-likeness (QED) is 0.884. The first kappa shape index (κ1) is 16.8. The summed E-state index contributed by atoms with van der Waals surface area (Å²) >= 11 is 0. The fraction of sp³-hybridized carbons (Fsp3) is 0.429. The predicted molar refractivity (Wildman–Crippen MR) is 78.6 cm³/mol. The van der Waals surface area contributed by atoms with Crippen LogP contribution in [0.3, 0.4) is 0 Å². The van der Waals surface area contributed by atoms with Crippen LogP contribution in [0.25, 0.3) is 10.9 Å². The summed E-state index contributed by atoms with van der Waals surface area (Å²) in [5, 5.41) is 3.12. The monoisotopic (exact) mass is 334 g/mol. The largest absolute Gasteiger partial charge is 0.401 e. The standard InChI is InChI=1S/C14H17F3N2O2S/c1-9(19-8-14(15,16)17)5-10-7-18-13-4-3-11(6-12(10)13)22(2,20)21/h3-4,6-7,9,18-19H,5,8H2,1-2H3. The van der Waals surface area contributed by atoms with Crippen LogP contribution in [0.1, 0.15) is 12.5 Å². The highest BCUT2D eigenvalue weighted by Gasteiger charge is 2.27. The number of aromatic amines is 1. The lowest BCUT2D eigenvalue weighted by atomic mass is 10.1. The summed E-state index contributed by atoms with van der Waals surface area (Å²) in [6.45, 7) is 0.607. The molecular formula is C14H17F3N2O2S. The Bertz CT molecular complexity index is 766. The summed E-state index contributed by atoms with van der Waals surface area (Å²) in [7, 11) is -3.33. The summed E-state index contributed by atoms with van der Waals surface area (Å²) < 4.78 is 59.8. The Labute approximate surface area is 126 Å². The van der Waals surface area contributed by atoms with Crippen LogP contribution < -0.4 is 5.32 Å². The molecule has 0 aliphatic rings. The lowest BCUT2D eigenvalue weighted by molar-refractivity contribution is -0.126. The van der Waals surface area contributed by atoms with Crippen molar-refractivity contribution in [3.05, 3.63) is 30.0 Å². The lowest BCUT2D eigenvalue weighted by Crippen LogP contribution is -2.36. The number of nitrogens with one attached hydrogen (secondary N) is 2. The number of rotatable bonds is 5. The van der Waals surface area contributed by atoms with Crippen LogP contribution >= 0.6 is 0 Å². The number of sulfone groups is 1. The van der Waals surface area contributed by atoms with Gasteiger partial charge in [0.25, 0.3) is 0 Å². The van der Waals surface area contributed by atoms with Crippen molar-refractivity contribution in [3.8, 4) is 0 Å². The third kappa shape index (κ3) is 4.23. The topological polar surface area (TPSA) is 62.0 Å². The Balaban J connectivity index is 2.21. The van der Waals surface area contributed by atoms with E-state index in [1.807, 2.05) is 0 Å². The molecular weight excluding hydrogens is 317 g/mol. The first-order valence-electron chi connectivity index (χ1n) is 6.66. The number of alkyl halides is 3. The van der Waals surface area contributed by atoms with E-state index in [2.05, 4.69) is 10.3 Å². The second-order valence-electron chi connectivity index (χ2n) is 5.39. The summed E-state index contributed by atoms with van der Waals surface area (Å²) in [5.41, 5.74) is 1.54. The van der Waals surface area contributed by atoms with E-state index in [1.165, 1.54) is 6.07 Å². The predicted octanol–water partition coefficient (Wildman–Crippen LogP) is 2.65. The van der Waals surface area contributed by atoms with Crippen molar-refractivity contribution in [1.82, 2.24) is 10.3 Å². The zero-order chi connectivity index (χ0) is 16.5. The van der Waals surface area contributed by atoms with Crippen LogP contribution in [-0.4, -0.2) is 38.4 Å². The molecule has 122 valence electrons. The Morgan fingerprint density at radius 3 is 2.59 bits per heavy atom. The van der Waals surface area contributed by atoms with Gasteiger partial charge >= 0.3 is 6.18 Å². The van der Waals surface area contributed by atoms with Crippen LogP contribution in [0.15, 0.2) is 29.3 Å². The maximum absolute atomic E-state index is 12.2. The minimum absolute atomic E-state index is 0.191. The van der Waals surface area contributed by atoms with E-state index in [-0.39, 0.29) is 10.9 Å². The maximum Gasteiger partial charge on any atom is 0.401 e. The molecule has 8 heteroatoms. The minimum atomic E-state index is -4.25. The van der Waals surface area contributed by atoms with Crippen LogP contribution in [0.4, 0.5) is 13.2 Å². The molecule has 0 bridgehead atoms. The van der Waals surface area contributed by atoms with Gasteiger partial charge in [-0.25, -0.2) is 8.42 Å². The summed E-state index contributed by atoms with van der Waals surface area (Å²) in [5.74, 6) is 0. The van der Waals surface area contributed by atoms with Crippen molar-refractivity contribution in [3.63, 3.8) is 0 Å². The molecule has 22 heavy (non-hydrogen) atoms. The Kier molecular flexibility index (Phi) is 4.53. The first-order valence-corrected chi connectivity index (χ1v) is 8.55. The number of H-pyrrole nitrogens is 1. The Morgan fingerprint density at radius 1 is 1.32 bits per heavy atom. The molecule has 2 rings (SSSR count). The second kappa shape index (κ2) is 5.92. The average molecular weight is 334 g/mol. The zero-order valence-electron chi connectivity index (χ0n) is 12.2. The number of halogens is 3. The molecule has 0 saturated heterocycles. The number of hydrogen-bond donors (Lipinski definition) is 2. The van der Waals surface area contributed by atoms with Crippen molar-refractivity contribution in [2.45, 2.75) is 30.5 Å². The number of hydrogen-bond acceptors (Lipinski definition) is 3. The molecule has 0 aliphatic carbocycles. The van der Waals surface area contributed by atoms with E-state index in [4.69, 9.17) is 0 Å². The molecule has 1 aromatic carbocycles. The average Bonchev–Trinajstić information content (AvgIpc) is 2.77. The zero-order valence-corrected chi connectivity index (χ0v) is 13.0. The Hall–Kier alpha value is -1.54. The molecule has 0 fully saturated rings. The van der Waals surface area contributed by atoms with Gasteiger partial charge in [-0.3, -0.25) is 0 Å². The van der Waals surface area contributed by atoms with Crippen LogP contribution in [0, 0.1) is 0 Å². The molecule has 0 spiro atoms. The summed E-state index contributed by atoms with van der Waals surface area (Å²) in [6.07, 6.45) is -1.07. The SMILES string of the molecule is CC(Cc1c[nH]c2ccc(S(C)(=O)=O)cc12)NCC(F)(F)F. The van der Waals surface area contributed by atoms with Gasteiger partial charge in [0.2, 0.25) is 0 Å². The summed E-state index contributed by atoms with van der Waals surface area (Å²) in [6, 6.07) is 4.32. The van der Waals surface area contributed by atoms with Gasteiger partial charge in [0, 0.05) is 29.4 Å². The van der Waals surface area contributed by atoms with Gasteiger partial charge in [-0.05, 0) is 37.1 Å². The fourth-order valence-corrected chi connectivity index (χ4v) is 2.90. The van der Waals surface area contributed by atoms with E-state index in [1.54, 1.807) is 25.3 Å². The number of aromatic nitrogens is 1. The molecule has 2 N–H and O–H groups in total. The molecule has 1 aromatic heterocycles. The van der Waals surface area contributed by atoms with Crippen LogP contribution in [0.5, 0.6) is 0 Å². The van der Waals surface area contributed by atoms with Crippen molar-refractivity contribution >= 4 is 20.7 Å². The summed E-state index contributed by atoms with van der Waals surface area (Å²) in [4.78, 5) is 3.19. The van der Waals surface area contributed by atoms with Crippen LogP contribution in [0.2, 0.25) is 0 Å². The molecule has 1 unspecified atom stereocenters. The van der Waals surface area contributed by atoms with E-state index >= 15 is 0 Å². The van der Waals surface area contributed by atoms with Gasteiger partial charge in [0.1, 0.15) is 0 Å². The van der Waals surface area contributed by atoms with Gasteiger partial charge < -0.3 is 10.3 Å². The van der Waals surface area contributed by atoms with Gasteiger partial charge in [0.05, 0.1) is 11.4 Å². The maximum atomic E-state index is 12.2. The lowest BCUT2D eigenvalue weighted by Gasteiger charge is -2.15. The second-order valence-corrected chi connectivity index (χ2v) is 7.41. The molecule has 1 atom stereocenters. The van der Waals surface area contributed by atoms with Crippen molar-refractivity contribution in [1.29, 1.82) is 0 Å². The van der Waals surface area contributed by atoms with Crippen molar-refractivity contribution in [2.24, 2.45) is 0 Å². The van der Waals surface area contributed by atoms with E-state index in [9.17, 15) is 21.6 Å². The minimum Gasteiger partial charge on any atom is -0.361 e. The molecule has 0 radical (unpaired) electrons. The van der Waals surface area contributed by atoms with E-state index < -0.39 is 22.6 Å². The molecule has 1 heterocycles. The van der Waals surface area contributed by atoms with Gasteiger partial charge in [-0.2, -0.15) is 13.2 Å². The highest BCUT2D eigenvalue weighted by Crippen LogP contribution is 2.23. The van der Waals surface area contributed by atoms with Crippen molar-refractivity contribution < 1.29 is 21.6 Å². The number of benzene rings is 1. The highest BCUT2D eigenvalue weighted by molar-refractivity contribution is 7.90. The first-order chi connectivity index (χ1) is 10.1. The highest BCUT2D eigenvalue weighted by atomic mass is 32.2. The van der Waals surface area contributed by atoms with Gasteiger partial charge in [-0.1, -0.05) is 0 Å². The molecule has 0 aliphatic heterocycles. The molecule has 0 amide bonds. The van der Waals surface area contributed by atoms with Gasteiger partial charge in [-0.15, -0.1) is 0 Å².